The second kappa shape index (κ2) is 3.33. The van der Waals surface area contributed by atoms with Crippen LogP contribution >= 0.6 is 0 Å². The molecule has 4 aromatic rings. The van der Waals surface area contributed by atoms with Gasteiger partial charge >= 0.3 is 0 Å². The van der Waals surface area contributed by atoms with Gasteiger partial charge in [0, 0.05) is 16.3 Å². The van der Waals surface area contributed by atoms with Crippen LogP contribution in [-0.4, -0.2) is 9.97 Å². The molecule has 2 nitrogen and oxygen atoms in total. The van der Waals surface area contributed by atoms with Crippen molar-refractivity contribution < 1.29 is 0 Å². The fourth-order valence-electron chi connectivity index (χ4n) is 2.66. The summed E-state index contributed by atoms with van der Waals surface area (Å²) in [5.74, 6) is 0. The summed E-state index contributed by atoms with van der Waals surface area (Å²) in [5, 5.41) is 2.41. The van der Waals surface area contributed by atoms with Gasteiger partial charge in [-0.05, 0) is 24.6 Å². The maximum Gasteiger partial charge on any atom is 0.0968 e. The first-order chi connectivity index (χ1) is 8.84. The van der Waals surface area contributed by atoms with Crippen LogP contribution in [-0.2, 0) is 0 Å². The molecular weight excluding hydrogens is 220 g/mol. The number of nitrogens with zero attached hydrogens (tertiary/aromatic N) is 1. The number of rotatable bonds is 0. The first kappa shape index (κ1) is 9.66. The molecule has 0 atom stereocenters. The quantitative estimate of drug-likeness (QED) is 0.484. The molecule has 2 aromatic carbocycles. The summed E-state index contributed by atoms with van der Waals surface area (Å²) in [7, 11) is 0. The summed E-state index contributed by atoms with van der Waals surface area (Å²) >= 11 is 0. The Kier molecular flexibility index (Phi) is 1.78. The Morgan fingerprint density at radius 2 is 1.61 bits per heavy atom. The monoisotopic (exact) mass is 232 g/mol. The van der Waals surface area contributed by atoms with E-state index in [0.717, 1.165) is 22.1 Å². The van der Waals surface area contributed by atoms with Crippen LogP contribution in [0.25, 0.3) is 32.8 Å². The molecule has 0 spiro atoms. The number of hydrogen-bond acceptors (Lipinski definition) is 1. The Bertz CT molecular complexity index is 887. The number of benzene rings is 2. The van der Waals surface area contributed by atoms with Gasteiger partial charge in [-0.3, -0.25) is 0 Å². The van der Waals surface area contributed by atoms with Gasteiger partial charge in [0.1, 0.15) is 0 Å². The van der Waals surface area contributed by atoms with Crippen molar-refractivity contribution in [2.75, 3.05) is 0 Å². The lowest BCUT2D eigenvalue weighted by atomic mass is 10.1. The average molecular weight is 232 g/mol. The number of aromatic nitrogens is 2. The van der Waals surface area contributed by atoms with Crippen LogP contribution in [0.15, 0.2) is 48.5 Å². The second-order valence-electron chi connectivity index (χ2n) is 4.65. The number of nitrogens with one attached hydrogen (secondary N) is 1. The first-order valence-corrected chi connectivity index (χ1v) is 6.10. The Labute approximate surface area is 104 Å². The SMILES string of the molecule is Cc1c2ccccc2nc2c1[nH]c1ccccc12. The van der Waals surface area contributed by atoms with Crippen LogP contribution in [0, 0.1) is 6.92 Å². The van der Waals surface area contributed by atoms with E-state index >= 15 is 0 Å². The van der Waals surface area contributed by atoms with Crippen LogP contribution < -0.4 is 0 Å². The van der Waals surface area contributed by atoms with E-state index in [0.29, 0.717) is 0 Å². The van der Waals surface area contributed by atoms with Crippen molar-refractivity contribution in [2.45, 2.75) is 6.92 Å². The standard InChI is InChI=1S/C16H12N2/c1-10-11-6-2-4-8-13(11)18-16-12-7-3-5-9-14(12)17-15(10)16/h2-9,17H,1H3. The summed E-state index contributed by atoms with van der Waals surface area (Å²) in [4.78, 5) is 8.27. The number of aryl methyl sites for hydroxylation is 1. The van der Waals surface area contributed by atoms with E-state index < -0.39 is 0 Å². The minimum absolute atomic E-state index is 1.06. The van der Waals surface area contributed by atoms with Crippen molar-refractivity contribution in [2.24, 2.45) is 0 Å². The van der Waals surface area contributed by atoms with Gasteiger partial charge < -0.3 is 4.98 Å². The minimum atomic E-state index is 1.06. The molecule has 4 rings (SSSR count). The summed E-state index contributed by atoms with van der Waals surface area (Å²) in [6, 6.07) is 16.6. The molecule has 2 heteroatoms. The van der Waals surface area contributed by atoms with E-state index in [-0.39, 0.29) is 0 Å². The molecule has 0 unspecified atom stereocenters. The van der Waals surface area contributed by atoms with Crippen LogP contribution in [0.3, 0.4) is 0 Å². The molecule has 0 saturated heterocycles. The molecule has 0 fully saturated rings. The zero-order chi connectivity index (χ0) is 12.1. The summed E-state index contributed by atoms with van der Waals surface area (Å²) < 4.78 is 0. The molecule has 0 aliphatic rings. The van der Waals surface area contributed by atoms with Gasteiger partial charge in [-0.25, -0.2) is 4.98 Å². The lowest BCUT2D eigenvalue weighted by molar-refractivity contribution is 1.43. The highest BCUT2D eigenvalue weighted by Gasteiger charge is 2.10. The predicted octanol–water partition coefficient (Wildman–Crippen LogP) is 4.18. The Hall–Kier alpha value is -2.35. The molecule has 1 N–H and O–H groups in total. The van der Waals surface area contributed by atoms with E-state index in [9.17, 15) is 0 Å². The van der Waals surface area contributed by atoms with Crippen molar-refractivity contribution in [1.29, 1.82) is 0 Å². The van der Waals surface area contributed by atoms with Gasteiger partial charge in [-0.1, -0.05) is 36.4 Å². The number of hydrogen-bond donors (Lipinski definition) is 1. The number of para-hydroxylation sites is 2. The van der Waals surface area contributed by atoms with Crippen molar-refractivity contribution in [1.82, 2.24) is 9.97 Å². The maximum atomic E-state index is 4.80. The molecule has 18 heavy (non-hydrogen) atoms. The van der Waals surface area contributed by atoms with Gasteiger partial charge in [0.25, 0.3) is 0 Å². The molecule has 0 bridgehead atoms. The molecule has 2 aromatic heterocycles. The predicted molar refractivity (Wildman–Crippen MR) is 75.8 cm³/mol. The molecule has 2 heterocycles. The molecule has 0 aliphatic heterocycles. The third kappa shape index (κ3) is 1.15. The van der Waals surface area contributed by atoms with Gasteiger partial charge in [-0.15, -0.1) is 0 Å². The maximum absolute atomic E-state index is 4.80. The van der Waals surface area contributed by atoms with Gasteiger partial charge in [-0.2, -0.15) is 0 Å². The molecular formula is C16H12N2. The van der Waals surface area contributed by atoms with Crippen molar-refractivity contribution >= 4 is 32.8 Å². The first-order valence-electron chi connectivity index (χ1n) is 6.10. The molecule has 0 radical (unpaired) electrons. The summed E-state index contributed by atoms with van der Waals surface area (Å²) in [6.07, 6.45) is 0. The Balaban J connectivity index is 2.33. The lowest BCUT2D eigenvalue weighted by Crippen LogP contribution is -1.85. The smallest absolute Gasteiger partial charge is 0.0968 e. The van der Waals surface area contributed by atoms with Crippen molar-refractivity contribution in [3.05, 3.63) is 54.1 Å². The number of H-pyrrole nitrogens is 1. The third-order valence-electron chi connectivity index (χ3n) is 3.59. The van der Waals surface area contributed by atoms with Crippen LogP contribution in [0.4, 0.5) is 0 Å². The molecule has 0 aliphatic carbocycles. The van der Waals surface area contributed by atoms with E-state index in [1.807, 2.05) is 12.1 Å². The largest absolute Gasteiger partial charge is 0.353 e. The normalized spacial score (nSPS) is 11.6. The van der Waals surface area contributed by atoms with E-state index in [1.165, 1.54) is 16.3 Å². The van der Waals surface area contributed by atoms with E-state index in [1.54, 1.807) is 0 Å². The van der Waals surface area contributed by atoms with Crippen molar-refractivity contribution in [3.63, 3.8) is 0 Å². The Morgan fingerprint density at radius 1 is 0.889 bits per heavy atom. The fraction of sp³-hybridized carbons (Fsp3) is 0.0625. The zero-order valence-corrected chi connectivity index (χ0v) is 10.1. The number of fused-ring (bicyclic) bond motifs is 4. The highest BCUT2D eigenvalue weighted by molar-refractivity contribution is 6.09. The second-order valence-corrected chi connectivity index (χ2v) is 4.65. The number of pyridine rings is 1. The number of aromatic amines is 1. The average Bonchev–Trinajstić information content (AvgIpc) is 2.79. The summed E-state index contributed by atoms with van der Waals surface area (Å²) in [6.45, 7) is 2.15. The zero-order valence-electron chi connectivity index (χ0n) is 10.1. The van der Waals surface area contributed by atoms with Gasteiger partial charge in [0.2, 0.25) is 0 Å². The van der Waals surface area contributed by atoms with E-state index in [4.69, 9.17) is 4.98 Å². The van der Waals surface area contributed by atoms with E-state index in [2.05, 4.69) is 48.3 Å². The third-order valence-corrected chi connectivity index (χ3v) is 3.59. The minimum Gasteiger partial charge on any atom is -0.353 e. The lowest BCUT2D eigenvalue weighted by Gasteiger charge is -2.02. The molecule has 0 saturated carbocycles. The van der Waals surface area contributed by atoms with Crippen LogP contribution in [0.1, 0.15) is 5.56 Å². The fourth-order valence-corrected chi connectivity index (χ4v) is 2.66. The van der Waals surface area contributed by atoms with Crippen molar-refractivity contribution in [3.8, 4) is 0 Å². The highest BCUT2D eigenvalue weighted by Crippen LogP contribution is 2.29. The topological polar surface area (TPSA) is 28.7 Å². The Morgan fingerprint density at radius 3 is 2.50 bits per heavy atom. The van der Waals surface area contributed by atoms with Crippen LogP contribution in [0.5, 0.6) is 0 Å². The molecule has 86 valence electrons. The molecule has 0 amide bonds. The van der Waals surface area contributed by atoms with Gasteiger partial charge in [0.05, 0.1) is 16.6 Å². The van der Waals surface area contributed by atoms with Crippen LogP contribution in [0.2, 0.25) is 0 Å². The summed E-state index contributed by atoms with van der Waals surface area (Å²) in [5.41, 5.74) is 5.70. The highest BCUT2D eigenvalue weighted by atomic mass is 14.8. The van der Waals surface area contributed by atoms with Gasteiger partial charge in [0.15, 0.2) is 0 Å².